The first-order valence-corrected chi connectivity index (χ1v) is 10.8. The number of hydrogen-bond acceptors (Lipinski definition) is 7. The van der Waals surface area contributed by atoms with Gasteiger partial charge < -0.3 is 15.6 Å². The van der Waals surface area contributed by atoms with E-state index < -0.39 is 6.23 Å². The van der Waals surface area contributed by atoms with Gasteiger partial charge in [-0.15, -0.1) is 5.92 Å². The summed E-state index contributed by atoms with van der Waals surface area (Å²) >= 11 is 0. The van der Waals surface area contributed by atoms with Crippen molar-refractivity contribution in [1.82, 2.24) is 25.1 Å². The second-order valence-corrected chi connectivity index (χ2v) is 7.98. The number of aliphatic hydroxyl groups excluding tert-OH is 1. The van der Waals surface area contributed by atoms with Crippen molar-refractivity contribution in [2.75, 3.05) is 5.73 Å². The number of aliphatic hydroxyl groups is 1. The van der Waals surface area contributed by atoms with Crippen LogP contribution in [0.15, 0.2) is 60.9 Å². The quantitative estimate of drug-likeness (QED) is 0.311. The van der Waals surface area contributed by atoms with Crippen molar-refractivity contribution < 1.29 is 9.84 Å². The van der Waals surface area contributed by atoms with Crippen molar-refractivity contribution in [3.05, 3.63) is 60.9 Å². The van der Waals surface area contributed by atoms with Crippen LogP contribution in [0.1, 0.15) is 25.8 Å². The number of ether oxygens (including phenoxy) is 1. The van der Waals surface area contributed by atoms with E-state index in [0.29, 0.717) is 11.5 Å². The molecule has 0 spiro atoms. The molecule has 2 aromatic carbocycles. The summed E-state index contributed by atoms with van der Waals surface area (Å²) in [4.78, 5) is 8.66. The van der Waals surface area contributed by atoms with E-state index in [4.69, 9.17) is 15.6 Å². The number of anilines is 1. The van der Waals surface area contributed by atoms with Gasteiger partial charge in [0.25, 0.3) is 0 Å². The highest BCUT2D eigenvalue weighted by Crippen LogP contribution is 2.38. The Balaban J connectivity index is 1.41. The molecule has 8 nitrogen and oxygen atoms in total. The van der Waals surface area contributed by atoms with Crippen LogP contribution in [0.2, 0.25) is 0 Å². The molecule has 166 valence electrons. The summed E-state index contributed by atoms with van der Waals surface area (Å²) in [5.41, 5.74) is 8.59. The zero-order chi connectivity index (χ0) is 22.8. The van der Waals surface area contributed by atoms with Crippen LogP contribution in [0.3, 0.4) is 0 Å². The fraction of sp³-hybridized carbons (Fsp3) is 0.240. The van der Waals surface area contributed by atoms with Gasteiger partial charge in [0.1, 0.15) is 29.3 Å². The first-order valence-electron chi connectivity index (χ1n) is 10.8. The molecule has 0 saturated heterocycles. The van der Waals surface area contributed by atoms with E-state index in [1.54, 1.807) is 6.92 Å². The molecule has 1 fully saturated rings. The van der Waals surface area contributed by atoms with Gasteiger partial charge in [0, 0.05) is 11.6 Å². The summed E-state index contributed by atoms with van der Waals surface area (Å²) in [6, 6.07) is 17.7. The summed E-state index contributed by atoms with van der Waals surface area (Å²) < 4.78 is 7.82. The van der Waals surface area contributed by atoms with Crippen LogP contribution < -0.4 is 15.8 Å². The van der Waals surface area contributed by atoms with E-state index in [1.807, 2.05) is 59.3 Å². The molecular formula is C25H24N6O2. The smallest absolute Gasteiger partial charge is 0.168 e. The minimum Gasteiger partial charge on any atom is -0.457 e. The molecule has 2 aromatic heterocycles. The van der Waals surface area contributed by atoms with Crippen LogP contribution in [0.4, 0.5) is 5.82 Å². The molecule has 1 aliphatic carbocycles. The zero-order valence-corrected chi connectivity index (χ0v) is 18.1. The van der Waals surface area contributed by atoms with E-state index in [0.717, 1.165) is 41.0 Å². The monoisotopic (exact) mass is 440 g/mol. The topological polar surface area (TPSA) is 111 Å². The van der Waals surface area contributed by atoms with Gasteiger partial charge in [-0.2, -0.15) is 5.10 Å². The Kier molecular flexibility index (Phi) is 5.65. The first-order chi connectivity index (χ1) is 16.1. The molecule has 0 aliphatic heterocycles. The third-order valence-electron chi connectivity index (χ3n) is 5.76. The molecule has 33 heavy (non-hydrogen) atoms. The van der Waals surface area contributed by atoms with E-state index in [-0.39, 0.29) is 12.1 Å². The van der Waals surface area contributed by atoms with Crippen LogP contribution in [-0.4, -0.2) is 37.1 Å². The van der Waals surface area contributed by atoms with Gasteiger partial charge in [0.15, 0.2) is 11.9 Å². The van der Waals surface area contributed by atoms with Crippen molar-refractivity contribution in [3.63, 3.8) is 0 Å². The molecule has 2 heterocycles. The molecule has 8 heteroatoms. The van der Waals surface area contributed by atoms with E-state index in [1.165, 1.54) is 6.33 Å². The summed E-state index contributed by atoms with van der Waals surface area (Å²) in [5, 5.41) is 18.6. The Hall–Kier alpha value is -3.93. The molecule has 1 aliphatic rings. The third-order valence-corrected chi connectivity index (χ3v) is 5.76. The molecule has 4 N–H and O–H groups in total. The number of rotatable bonds is 6. The number of hydrogen-bond donors (Lipinski definition) is 3. The van der Waals surface area contributed by atoms with Crippen molar-refractivity contribution in [2.24, 2.45) is 0 Å². The molecule has 1 atom stereocenters. The van der Waals surface area contributed by atoms with Gasteiger partial charge in [-0.05, 0) is 56.2 Å². The van der Waals surface area contributed by atoms with Crippen LogP contribution in [0.25, 0.3) is 22.3 Å². The Labute approximate surface area is 191 Å². The fourth-order valence-corrected chi connectivity index (χ4v) is 4.08. The van der Waals surface area contributed by atoms with Crippen molar-refractivity contribution in [2.45, 2.75) is 38.1 Å². The van der Waals surface area contributed by atoms with Crippen LogP contribution in [0, 0.1) is 11.8 Å². The number of benzene rings is 2. The maximum atomic E-state index is 9.86. The second-order valence-electron chi connectivity index (χ2n) is 7.98. The van der Waals surface area contributed by atoms with Crippen molar-refractivity contribution in [1.29, 1.82) is 0 Å². The minimum absolute atomic E-state index is 0.149. The number of aromatic nitrogens is 4. The lowest BCUT2D eigenvalue weighted by Crippen LogP contribution is -2.46. The van der Waals surface area contributed by atoms with Crippen LogP contribution >= 0.6 is 0 Å². The van der Waals surface area contributed by atoms with Crippen LogP contribution in [-0.2, 0) is 0 Å². The predicted octanol–water partition coefficient (Wildman–Crippen LogP) is 3.50. The summed E-state index contributed by atoms with van der Waals surface area (Å²) in [6.45, 7) is 1.70. The van der Waals surface area contributed by atoms with Crippen LogP contribution in [0.5, 0.6) is 11.5 Å². The molecular weight excluding hydrogens is 416 g/mol. The third kappa shape index (κ3) is 4.24. The lowest BCUT2D eigenvalue weighted by atomic mass is 9.86. The predicted molar refractivity (Wildman–Crippen MR) is 126 cm³/mol. The maximum absolute atomic E-state index is 9.86. The second kappa shape index (κ2) is 8.90. The van der Waals surface area contributed by atoms with Crippen molar-refractivity contribution in [3.8, 4) is 34.6 Å². The largest absolute Gasteiger partial charge is 0.457 e. The fourth-order valence-electron chi connectivity index (χ4n) is 4.08. The molecule has 4 aromatic rings. The van der Waals surface area contributed by atoms with Gasteiger partial charge in [0.2, 0.25) is 0 Å². The minimum atomic E-state index is -0.819. The van der Waals surface area contributed by atoms with Gasteiger partial charge in [0.05, 0.1) is 11.4 Å². The maximum Gasteiger partial charge on any atom is 0.168 e. The Morgan fingerprint density at radius 2 is 1.82 bits per heavy atom. The Bertz CT molecular complexity index is 1320. The highest BCUT2D eigenvalue weighted by molar-refractivity contribution is 5.98. The molecule has 5 rings (SSSR count). The summed E-state index contributed by atoms with van der Waals surface area (Å²) in [7, 11) is 0. The first kappa shape index (κ1) is 20.9. The highest BCUT2D eigenvalue weighted by atomic mass is 16.5. The number of nitrogens with two attached hydrogens (primary N) is 1. The number of nitrogens with zero attached hydrogens (tertiary/aromatic N) is 4. The molecule has 1 saturated carbocycles. The Morgan fingerprint density at radius 3 is 2.55 bits per heavy atom. The highest BCUT2D eigenvalue weighted by Gasteiger charge is 2.34. The van der Waals surface area contributed by atoms with E-state index in [9.17, 15) is 5.11 Å². The van der Waals surface area contributed by atoms with Crippen molar-refractivity contribution >= 4 is 16.9 Å². The molecule has 0 amide bonds. The van der Waals surface area contributed by atoms with Gasteiger partial charge in [-0.3, -0.25) is 5.32 Å². The summed E-state index contributed by atoms with van der Waals surface area (Å²) in [5.74, 6) is 7.33. The number of nitrogen functional groups attached to an aromatic ring is 1. The molecule has 1 unspecified atom stereocenters. The Morgan fingerprint density at radius 1 is 1.09 bits per heavy atom. The number of fused-ring (bicyclic) bond motifs is 1. The van der Waals surface area contributed by atoms with E-state index >= 15 is 0 Å². The summed E-state index contributed by atoms with van der Waals surface area (Å²) in [6.07, 6.45) is 2.27. The van der Waals surface area contributed by atoms with Gasteiger partial charge in [-0.1, -0.05) is 24.1 Å². The number of para-hydroxylation sites is 1. The average molecular weight is 441 g/mol. The number of nitrogens with one attached hydrogen (secondary N) is 1. The molecule has 0 bridgehead atoms. The van der Waals surface area contributed by atoms with E-state index in [2.05, 4.69) is 27.1 Å². The van der Waals surface area contributed by atoms with Gasteiger partial charge in [-0.25, -0.2) is 14.6 Å². The lowest BCUT2D eigenvalue weighted by molar-refractivity contribution is 0.123. The average Bonchev–Trinajstić information content (AvgIpc) is 3.18. The van der Waals surface area contributed by atoms with Gasteiger partial charge >= 0.3 is 0 Å². The normalized spacial score (nSPS) is 18.2. The standard InChI is InChI=1S/C25H24N6O2/c1-2-6-21(32)29-17-13-18(14-17)31-25-22(24(26)27-15-28-25)23(30-31)16-9-11-20(12-10-16)33-19-7-4-3-5-8-19/h3-5,7-12,15,17-18,21,29,32H,13-14H2,1H3,(H2,26,27,28)/t17-,18+,21?. The lowest BCUT2D eigenvalue weighted by Gasteiger charge is -2.36. The SMILES string of the molecule is CC#CC(O)N[C@H]1C[C@@H](n2nc(-c3ccc(Oc4ccccc4)cc3)c3c(N)ncnc32)C1. The molecule has 0 radical (unpaired) electrons. The zero-order valence-electron chi connectivity index (χ0n) is 18.1.